The van der Waals surface area contributed by atoms with Crippen LogP contribution in [0.4, 0.5) is 0 Å². The molecule has 2 N–H and O–H groups in total. The van der Waals surface area contributed by atoms with Crippen molar-refractivity contribution in [2.75, 3.05) is 6.61 Å². The van der Waals surface area contributed by atoms with Crippen molar-refractivity contribution in [3.8, 4) is 0 Å². The minimum Gasteiger partial charge on any atom is -0.462 e. The molecule has 1 aromatic carbocycles. The topological polar surface area (TPSA) is 86.5 Å². The van der Waals surface area contributed by atoms with Gasteiger partial charge in [-0.25, -0.2) is 18.4 Å². The van der Waals surface area contributed by atoms with Gasteiger partial charge in [0, 0.05) is 0 Å². The number of sulfonamides is 1. The molecule has 0 radical (unpaired) electrons. The summed E-state index contributed by atoms with van der Waals surface area (Å²) < 4.78 is 28.1. The molecule has 6 heteroatoms. The van der Waals surface area contributed by atoms with Crippen molar-refractivity contribution >= 4 is 16.0 Å². The van der Waals surface area contributed by atoms with Gasteiger partial charge >= 0.3 is 5.97 Å². The highest BCUT2D eigenvalue weighted by molar-refractivity contribution is 7.89. The fraction of sp³-hybridized carbons (Fsp3) is 0.462. The van der Waals surface area contributed by atoms with Crippen molar-refractivity contribution in [3.63, 3.8) is 0 Å². The number of esters is 1. The molecule has 104 valence electrons. The monoisotopic (exact) mass is 283 g/mol. The summed E-state index contributed by atoms with van der Waals surface area (Å²) in [6.45, 7) is 2.23. The number of primary sulfonamides is 1. The predicted octanol–water partition coefficient (Wildman–Crippen LogP) is 1.46. The minimum absolute atomic E-state index is 0.00382. The molecule has 0 heterocycles. The first kappa shape index (κ1) is 14.0. The molecule has 0 atom stereocenters. The van der Waals surface area contributed by atoms with Gasteiger partial charge in [-0.2, -0.15) is 0 Å². The summed E-state index contributed by atoms with van der Waals surface area (Å²) in [5, 5.41) is 5.15. The second-order valence-electron chi connectivity index (χ2n) is 4.76. The molecule has 0 bridgehead atoms. The SMILES string of the molecule is CCc1ccc(C(=O)OCC2CC2)cc1S(N)(=O)=O. The molecule has 1 aliphatic rings. The van der Waals surface area contributed by atoms with Crippen LogP contribution in [0.1, 0.15) is 35.7 Å². The highest BCUT2D eigenvalue weighted by atomic mass is 32.2. The average Bonchev–Trinajstić information content (AvgIpc) is 3.18. The molecule has 0 spiro atoms. The van der Waals surface area contributed by atoms with Crippen LogP contribution in [-0.2, 0) is 21.2 Å². The van der Waals surface area contributed by atoms with Gasteiger partial charge < -0.3 is 4.74 Å². The number of carbonyl (C=O) groups excluding carboxylic acids is 1. The van der Waals surface area contributed by atoms with Gasteiger partial charge in [0.1, 0.15) is 0 Å². The molecule has 0 amide bonds. The van der Waals surface area contributed by atoms with Gasteiger partial charge in [-0.1, -0.05) is 13.0 Å². The predicted molar refractivity (Wildman–Crippen MR) is 70.2 cm³/mol. The van der Waals surface area contributed by atoms with E-state index in [-0.39, 0.29) is 10.5 Å². The van der Waals surface area contributed by atoms with Crippen LogP contribution in [0.2, 0.25) is 0 Å². The smallest absolute Gasteiger partial charge is 0.338 e. The average molecular weight is 283 g/mol. The van der Waals surface area contributed by atoms with Crippen LogP contribution in [0.15, 0.2) is 23.1 Å². The first-order chi connectivity index (χ1) is 8.91. The van der Waals surface area contributed by atoms with Crippen molar-refractivity contribution in [3.05, 3.63) is 29.3 Å². The van der Waals surface area contributed by atoms with Crippen LogP contribution in [0.3, 0.4) is 0 Å². The molecule has 1 fully saturated rings. The maximum Gasteiger partial charge on any atom is 0.338 e. The van der Waals surface area contributed by atoms with E-state index < -0.39 is 16.0 Å². The van der Waals surface area contributed by atoms with E-state index in [9.17, 15) is 13.2 Å². The van der Waals surface area contributed by atoms with Gasteiger partial charge in [-0.15, -0.1) is 0 Å². The molecule has 1 aromatic rings. The lowest BCUT2D eigenvalue weighted by molar-refractivity contribution is 0.0486. The van der Waals surface area contributed by atoms with Crippen LogP contribution in [0.25, 0.3) is 0 Å². The quantitative estimate of drug-likeness (QED) is 0.829. The lowest BCUT2D eigenvalue weighted by Crippen LogP contribution is -2.16. The molecule has 1 aliphatic carbocycles. The highest BCUT2D eigenvalue weighted by Crippen LogP contribution is 2.29. The van der Waals surface area contributed by atoms with Gasteiger partial charge in [-0.3, -0.25) is 0 Å². The maximum atomic E-state index is 11.8. The lowest BCUT2D eigenvalue weighted by atomic mass is 10.1. The van der Waals surface area contributed by atoms with Crippen molar-refractivity contribution in [1.82, 2.24) is 0 Å². The minimum atomic E-state index is -3.83. The summed E-state index contributed by atoms with van der Waals surface area (Å²) in [5.41, 5.74) is 0.822. The highest BCUT2D eigenvalue weighted by Gasteiger charge is 2.24. The summed E-state index contributed by atoms with van der Waals surface area (Å²) in [6, 6.07) is 4.47. The fourth-order valence-corrected chi connectivity index (χ4v) is 2.67. The number of carbonyl (C=O) groups is 1. The number of benzene rings is 1. The van der Waals surface area contributed by atoms with Crippen molar-refractivity contribution in [2.24, 2.45) is 11.1 Å². The Morgan fingerprint density at radius 2 is 2.11 bits per heavy atom. The van der Waals surface area contributed by atoms with E-state index >= 15 is 0 Å². The zero-order chi connectivity index (χ0) is 14.0. The van der Waals surface area contributed by atoms with Crippen LogP contribution in [0.5, 0.6) is 0 Å². The third-order valence-corrected chi connectivity index (χ3v) is 4.13. The zero-order valence-electron chi connectivity index (χ0n) is 10.8. The summed E-state index contributed by atoms with van der Waals surface area (Å²) >= 11 is 0. The Morgan fingerprint density at radius 1 is 1.42 bits per heavy atom. The lowest BCUT2D eigenvalue weighted by Gasteiger charge is -2.09. The Labute approximate surface area is 112 Å². The summed E-state index contributed by atoms with van der Waals surface area (Å²) in [7, 11) is -3.83. The molecular weight excluding hydrogens is 266 g/mol. The van der Waals surface area contributed by atoms with Crippen LogP contribution in [0, 0.1) is 5.92 Å². The standard InChI is InChI=1S/C13H17NO4S/c1-2-10-5-6-11(7-12(10)19(14,16)17)13(15)18-8-9-3-4-9/h5-7,9H,2-4,8H2,1H3,(H2,14,16,17). The molecule has 0 aliphatic heterocycles. The molecule has 1 saturated carbocycles. The van der Waals surface area contributed by atoms with Crippen molar-refractivity contribution in [2.45, 2.75) is 31.1 Å². The summed E-state index contributed by atoms with van der Waals surface area (Å²) in [5.74, 6) is -0.0315. The second-order valence-corrected chi connectivity index (χ2v) is 6.29. The van der Waals surface area contributed by atoms with Crippen molar-refractivity contribution < 1.29 is 17.9 Å². The Hall–Kier alpha value is -1.40. The van der Waals surface area contributed by atoms with E-state index in [0.29, 0.717) is 24.5 Å². The maximum absolute atomic E-state index is 11.8. The Bertz CT molecular complexity index is 591. The van der Waals surface area contributed by atoms with E-state index in [4.69, 9.17) is 9.88 Å². The second kappa shape index (κ2) is 5.30. The van der Waals surface area contributed by atoms with Crippen LogP contribution >= 0.6 is 0 Å². The summed E-state index contributed by atoms with van der Waals surface area (Å²) in [4.78, 5) is 11.8. The van der Waals surface area contributed by atoms with E-state index in [1.807, 2.05) is 6.92 Å². The van der Waals surface area contributed by atoms with Gasteiger partial charge in [0.25, 0.3) is 0 Å². The molecule has 0 aromatic heterocycles. The van der Waals surface area contributed by atoms with E-state index in [2.05, 4.69) is 0 Å². The molecule has 0 unspecified atom stereocenters. The fourth-order valence-electron chi connectivity index (χ4n) is 1.80. The Balaban J connectivity index is 2.23. The van der Waals surface area contributed by atoms with Gasteiger partial charge in [-0.05, 0) is 42.9 Å². The van der Waals surface area contributed by atoms with Crippen LogP contribution < -0.4 is 5.14 Å². The number of nitrogens with two attached hydrogens (primary N) is 1. The van der Waals surface area contributed by atoms with Crippen LogP contribution in [-0.4, -0.2) is 21.0 Å². The van der Waals surface area contributed by atoms with Gasteiger partial charge in [0.15, 0.2) is 0 Å². The van der Waals surface area contributed by atoms with Gasteiger partial charge in [0.2, 0.25) is 10.0 Å². The third kappa shape index (κ3) is 3.54. The Morgan fingerprint density at radius 3 is 2.63 bits per heavy atom. The number of aryl methyl sites for hydroxylation is 1. The molecule has 19 heavy (non-hydrogen) atoms. The summed E-state index contributed by atoms with van der Waals surface area (Å²) in [6.07, 6.45) is 2.71. The third-order valence-electron chi connectivity index (χ3n) is 3.14. The molecular formula is C13H17NO4S. The number of hydrogen-bond donors (Lipinski definition) is 1. The number of rotatable bonds is 5. The largest absolute Gasteiger partial charge is 0.462 e. The number of hydrogen-bond acceptors (Lipinski definition) is 4. The first-order valence-electron chi connectivity index (χ1n) is 6.24. The van der Waals surface area contributed by atoms with Gasteiger partial charge in [0.05, 0.1) is 17.1 Å². The van der Waals surface area contributed by atoms with E-state index in [1.165, 1.54) is 6.07 Å². The molecule has 2 rings (SSSR count). The zero-order valence-corrected chi connectivity index (χ0v) is 11.6. The molecule has 0 saturated heterocycles. The Kier molecular flexibility index (Phi) is 3.91. The number of ether oxygens (including phenoxy) is 1. The van der Waals surface area contributed by atoms with Crippen molar-refractivity contribution in [1.29, 1.82) is 0 Å². The first-order valence-corrected chi connectivity index (χ1v) is 7.79. The van der Waals surface area contributed by atoms with E-state index in [0.717, 1.165) is 12.8 Å². The molecule has 5 nitrogen and oxygen atoms in total. The normalized spacial score (nSPS) is 15.3. The van der Waals surface area contributed by atoms with E-state index in [1.54, 1.807) is 12.1 Å².